The van der Waals surface area contributed by atoms with Gasteiger partial charge in [-0.25, -0.2) is 0 Å². The molecule has 0 saturated heterocycles. The molecule has 0 unspecified atom stereocenters. The number of aliphatic hydroxyl groups excluding tert-OH is 1. The lowest BCUT2D eigenvalue weighted by atomic mass is 10.3. The van der Waals surface area contributed by atoms with Gasteiger partial charge in [0.05, 0.1) is 9.89 Å². The number of hydrogen-bond acceptors (Lipinski definition) is 2. The minimum absolute atomic E-state index is 0.368. The molecule has 0 fully saturated rings. The van der Waals surface area contributed by atoms with Crippen molar-refractivity contribution in [2.45, 2.75) is 13.0 Å². The van der Waals surface area contributed by atoms with Crippen LogP contribution in [-0.4, -0.2) is 5.11 Å². The molecule has 1 atom stereocenters. The number of halogens is 2. The Kier molecular flexibility index (Phi) is 2.91. The molecule has 4 heteroatoms. The Balaban J connectivity index is 2.98. The van der Waals surface area contributed by atoms with E-state index in [4.69, 9.17) is 5.11 Å². The molecule has 1 aromatic rings. The third-order valence-electron chi connectivity index (χ3n) is 1.08. The van der Waals surface area contributed by atoms with E-state index in [9.17, 15) is 0 Å². The Morgan fingerprint density at radius 1 is 1.60 bits per heavy atom. The summed E-state index contributed by atoms with van der Waals surface area (Å²) in [7, 11) is 0. The highest BCUT2D eigenvalue weighted by molar-refractivity contribution is 9.13. The Labute approximate surface area is 80.3 Å². The van der Waals surface area contributed by atoms with Crippen molar-refractivity contribution in [3.8, 4) is 0 Å². The van der Waals surface area contributed by atoms with E-state index in [0.717, 1.165) is 13.1 Å². The van der Waals surface area contributed by atoms with E-state index in [1.54, 1.807) is 18.3 Å². The molecular weight excluding hydrogens is 280 g/mol. The summed E-state index contributed by atoms with van der Waals surface area (Å²) >= 11 is 8.22. The van der Waals surface area contributed by atoms with Crippen molar-refractivity contribution in [1.29, 1.82) is 0 Å². The van der Waals surface area contributed by atoms with Crippen molar-refractivity contribution in [3.05, 3.63) is 19.2 Å². The summed E-state index contributed by atoms with van der Waals surface area (Å²) in [6.45, 7) is 1.75. The fourth-order valence-corrected chi connectivity index (χ4v) is 2.60. The average molecular weight is 286 g/mol. The van der Waals surface area contributed by atoms with Gasteiger partial charge in [0.1, 0.15) is 0 Å². The lowest BCUT2D eigenvalue weighted by Gasteiger charge is -1.95. The highest BCUT2D eigenvalue weighted by Crippen LogP contribution is 2.35. The van der Waals surface area contributed by atoms with Gasteiger partial charge in [-0.15, -0.1) is 11.3 Å². The van der Waals surface area contributed by atoms with Crippen LogP contribution in [0.5, 0.6) is 0 Å². The SMILES string of the molecule is C[C@@H](O)c1cc(Br)c(Br)s1. The average Bonchev–Trinajstić information content (AvgIpc) is 2.13. The fourth-order valence-electron chi connectivity index (χ4n) is 0.569. The Bertz CT molecular complexity index is 212. The van der Waals surface area contributed by atoms with Crippen LogP contribution in [0.4, 0.5) is 0 Å². The second-order valence-corrected chi connectivity index (χ2v) is 5.20. The van der Waals surface area contributed by atoms with Crippen LogP contribution >= 0.6 is 43.2 Å². The van der Waals surface area contributed by atoms with Crippen LogP contribution in [0, 0.1) is 0 Å². The van der Waals surface area contributed by atoms with Gasteiger partial charge in [0.25, 0.3) is 0 Å². The zero-order chi connectivity index (χ0) is 7.72. The molecule has 0 aliphatic heterocycles. The van der Waals surface area contributed by atoms with E-state index in [1.807, 2.05) is 6.07 Å². The van der Waals surface area contributed by atoms with Crippen molar-refractivity contribution < 1.29 is 5.11 Å². The molecule has 0 aromatic carbocycles. The lowest BCUT2D eigenvalue weighted by molar-refractivity contribution is 0.203. The first kappa shape index (κ1) is 8.71. The number of hydrogen-bond donors (Lipinski definition) is 1. The molecule has 0 spiro atoms. The van der Waals surface area contributed by atoms with Crippen molar-refractivity contribution in [1.82, 2.24) is 0 Å². The zero-order valence-corrected chi connectivity index (χ0v) is 9.25. The van der Waals surface area contributed by atoms with Gasteiger partial charge in [0.2, 0.25) is 0 Å². The minimum atomic E-state index is -0.368. The van der Waals surface area contributed by atoms with Gasteiger partial charge in [0, 0.05) is 9.35 Å². The molecule has 1 aromatic heterocycles. The van der Waals surface area contributed by atoms with Crippen molar-refractivity contribution in [2.24, 2.45) is 0 Å². The van der Waals surface area contributed by atoms with Gasteiger partial charge in [0.15, 0.2) is 0 Å². The molecule has 0 aliphatic rings. The predicted molar refractivity (Wildman–Crippen MR) is 50.4 cm³/mol. The van der Waals surface area contributed by atoms with Gasteiger partial charge in [-0.2, -0.15) is 0 Å². The molecular formula is C6H6Br2OS. The number of rotatable bonds is 1. The quantitative estimate of drug-likeness (QED) is 0.839. The smallest absolute Gasteiger partial charge is 0.0854 e. The van der Waals surface area contributed by atoms with Crippen LogP contribution < -0.4 is 0 Å². The van der Waals surface area contributed by atoms with Crippen molar-refractivity contribution in [2.75, 3.05) is 0 Å². The van der Waals surface area contributed by atoms with Crippen molar-refractivity contribution >= 4 is 43.2 Å². The summed E-state index contributed by atoms with van der Waals surface area (Å²) in [4.78, 5) is 0.971. The molecule has 1 heterocycles. The second-order valence-electron chi connectivity index (χ2n) is 1.95. The highest BCUT2D eigenvalue weighted by atomic mass is 79.9. The molecule has 0 bridgehead atoms. The minimum Gasteiger partial charge on any atom is -0.388 e. The molecule has 1 nitrogen and oxygen atoms in total. The first-order chi connectivity index (χ1) is 4.61. The summed E-state index contributed by atoms with van der Waals surface area (Å²) < 4.78 is 2.04. The second kappa shape index (κ2) is 3.34. The van der Waals surface area contributed by atoms with Gasteiger partial charge in [-0.1, -0.05) is 0 Å². The number of thiophene rings is 1. The van der Waals surface area contributed by atoms with E-state index in [-0.39, 0.29) is 6.10 Å². The summed E-state index contributed by atoms with van der Waals surface area (Å²) in [6, 6.07) is 1.92. The van der Waals surface area contributed by atoms with Crippen LogP contribution in [0.2, 0.25) is 0 Å². The predicted octanol–water partition coefficient (Wildman–Crippen LogP) is 3.33. The highest BCUT2D eigenvalue weighted by Gasteiger charge is 2.07. The molecule has 1 N–H and O–H groups in total. The van der Waals surface area contributed by atoms with Gasteiger partial charge < -0.3 is 5.11 Å². The zero-order valence-electron chi connectivity index (χ0n) is 5.27. The fraction of sp³-hybridized carbons (Fsp3) is 0.333. The maximum absolute atomic E-state index is 9.13. The van der Waals surface area contributed by atoms with E-state index < -0.39 is 0 Å². The molecule has 0 saturated carbocycles. The van der Waals surface area contributed by atoms with Crippen LogP contribution in [0.25, 0.3) is 0 Å². The summed E-state index contributed by atoms with van der Waals surface area (Å²) in [6.07, 6.45) is -0.368. The first-order valence-corrected chi connectivity index (χ1v) is 5.14. The maximum Gasteiger partial charge on any atom is 0.0854 e. The Morgan fingerprint density at radius 2 is 2.20 bits per heavy atom. The Morgan fingerprint density at radius 3 is 2.40 bits per heavy atom. The standard InChI is InChI=1S/C6H6Br2OS/c1-3(9)5-2-4(7)6(8)10-5/h2-3,9H,1H3/t3-/m1/s1. The van der Waals surface area contributed by atoms with Gasteiger partial charge in [-0.3, -0.25) is 0 Å². The Hall–Kier alpha value is 0.620. The number of aliphatic hydroxyl groups is 1. The van der Waals surface area contributed by atoms with E-state index >= 15 is 0 Å². The molecule has 0 aliphatic carbocycles. The van der Waals surface area contributed by atoms with Gasteiger partial charge in [-0.05, 0) is 44.8 Å². The summed E-state index contributed by atoms with van der Waals surface area (Å²) in [5.74, 6) is 0. The van der Waals surface area contributed by atoms with Crippen molar-refractivity contribution in [3.63, 3.8) is 0 Å². The third kappa shape index (κ3) is 1.81. The third-order valence-corrected chi connectivity index (χ3v) is 4.50. The summed E-state index contributed by atoms with van der Waals surface area (Å²) in [5.41, 5.74) is 0. The monoisotopic (exact) mass is 284 g/mol. The molecule has 0 radical (unpaired) electrons. The summed E-state index contributed by atoms with van der Waals surface area (Å²) in [5, 5.41) is 9.13. The van der Waals surface area contributed by atoms with E-state index in [0.29, 0.717) is 0 Å². The first-order valence-electron chi connectivity index (χ1n) is 2.74. The van der Waals surface area contributed by atoms with E-state index in [1.165, 1.54) is 0 Å². The molecule has 56 valence electrons. The van der Waals surface area contributed by atoms with Crippen LogP contribution in [0.1, 0.15) is 17.9 Å². The molecule has 1 rings (SSSR count). The van der Waals surface area contributed by atoms with Gasteiger partial charge >= 0.3 is 0 Å². The van der Waals surface area contributed by atoms with Crippen LogP contribution in [-0.2, 0) is 0 Å². The van der Waals surface area contributed by atoms with Crippen LogP contribution in [0.15, 0.2) is 14.3 Å². The molecule has 10 heavy (non-hydrogen) atoms. The topological polar surface area (TPSA) is 20.2 Å². The largest absolute Gasteiger partial charge is 0.388 e. The van der Waals surface area contributed by atoms with E-state index in [2.05, 4.69) is 31.9 Å². The normalized spacial score (nSPS) is 13.6. The lowest BCUT2D eigenvalue weighted by Crippen LogP contribution is -1.83. The maximum atomic E-state index is 9.13. The van der Waals surface area contributed by atoms with Crippen LogP contribution in [0.3, 0.4) is 0 Å². The molecule has 0 amide bonds.